The zero-order valence-corrected chi connectivity index (χ0v) is 12.0. The highest BCUT2D eigenvalue weighted by Gasteiger charge is 2.53. The summed E-state index contributed by atoms with van der Waals surface area (Å²) < 4.78 is 0. The Kier molecular flexibility index (Phi) is 4.29. The van der Waals surface area contributed by atoms with Gasteiger partial charge in [0.2, 0.25) is 11.8 Å². The minimum atomic E-state index is -0.449. The van der Waals surface area contributed by atoms with Crippen molar-refractivity contribution in [1.82, 2.24) is 4.90 Å². The van der Waals surface area contributed by atoms with E-state index in [1.807, 2.05) is 13.8 Å². The smallest absolute Gasteiger partial charge is 0.236 e. The Morgan fingerprint density at radius 1 is 1.16 bits per heavy atom. The van der Waals surface area contributed by atoms with E-state index in [1.165, 1.54) is 4.90 Å². The van der Waals surface area contributed by atoms with E-state index in [-0.39, 0.29) is 30.4 Å². The predicted molar refractivity (Wildman–Crippen MR) is 72.3 cm³/mol. The lowest BCUT2D eigenvalue weighted by molar-refractivity contribution is -0.146. The summed E-state index contributed by atoms with van der Waals surface area (Å²) in [5.74, 6) is -0.00868. The minimum Gasteiger partial charge on any atom is -0.394 e. The molecule has 4 heteroatoms. The lowest BCUT2D eigenvalue weighted by Gasteiger charge is -2.31. The average molecular weight is 267 g/mol. The van der Waals surface area contributed by atoms with Crippen molar-refractivity contribution in [2.75, 3.05) is 6.61 Å². The summed E-state index contributed by atoms with van der Waals surface area (Å²) in [5.41, 5.74) is -0.449. The summed E-state index contributed by atoms with van der Waals surface area (Å²) in [6.07, 6.45) is 6.44. The van der Waals surface area contributed by atoms with Gasteiger partial charge >= 0.3 is 0 Å². The third-order valence-corrected chi connectivity index (χ3v) is 4.78. The van der Waals surface area contributed by atoms with Gasteiger partial charge in [-0.1, -0.05) is 39.5 Å². The molecule has 1 spiro atoms. The largest absolute Gasteiger partial charge is 0.394 e. The summed E-state index contributed by atoms with van der Waals surface area (Å²) in [6, 6.07) is -0.359. The lowest BCUT2D eigenvalue weighted by atomic mass is 9.79. The zero-order chi connectivity index (χ0) is 14.0. The number of aliphatic hydroxyl groups is 1. The number of amides is 2. The van der Waals surface area contributed by atoms with Crippen molar-refractivity contribution in [3.8, 4) is 0 Å². The Bertz CT molecular complexity index is 356. The molecule has 1 atom stereocenters. The first-order valence-corrected chi connectivity index (χ1v) is 7.49. The second kappa shape index (κ2) is 5.61. The van der Waals surface area contributed by atoms with Crippen LogP contribution in [0.25, 0.3) is 0 Å². The minimum absolute atomic E-state index is 0.0212. The van der Waals surface area contributed by atoms with Gasteiger partial charge in [0.25, 0.3) is 0 Å². The van der Waals surface area contributed by atoms with E-state index in [0.29, 0.717) is 6.42 Å². The van der Waals surface area contributed by atoms with Crippen molar-refractivity contribution in [2.24, 2.45) is 11.3 Å². The molecule has 2 rings (SSSR count). The monoisotopic (exact) mass is 267 g/mol. The van der Waals surface area contributed by atoms with Gasteiger partial charge in [0.15, 0.2) is 0 Å². The fourth-order valence-electron chi connectivity index (χ4n) is 3.54. The van der Waals surface area contributed by atoms with Crippen LogP contribution in [-0.2, 0) is 9.59 Å². The summed E-state index contributed by atoms with van der Waals surface area (Å²) in [6.45, 7) is 3.75. The van der Waals surface area contributed by atoms with E-state index in [2.05, 4.69) is 0 Å². The maximum atomic E-state index is 12.7. The molecule has 1 aliphatic carbocycles. The third kappa shape index (κ3) is 2.55. The van der Waals surface area contributed by atoms with Gasteiger partial charge in [-0.2, -0.15) is 0 Å². The number of rotatable bonds is 3. The zero-order valence-electron chi connectivity index (χ0n) is 12.0. The first-order chi connectivity index (χ1) is 9.02. The molecule has 4 nitrogen and oxygen atoms in total. The summed E-state index contributed by atoms with van der Waals surface area (Å²) in [4.78, 5) is 26.4. The van der Waals surface area contributed by atoms with Crippen LogP contribution in [0.15, 0.2) is 0 Å². The van der Waals surface area contributed by atoms with Crippen LogP contribution in [-0.4, -0.2) is 34.5 Å². The van der Waals surface area contributed by atoms with Gasteiger partial charge in [0, 0.05) is 6.42 Å². The first-order valence-electron chi connectivity index (χ1n) is 7.49. The summed E-state index contributed by atoms with van der Waals surface area (Å²) >= 11 is 0. The van der Waals surface area contributed by atoms with Crippen LogP contribution >= 0.6 is 0 Å². The van der Waals surface area contributed by atoms with Crippen LogP contribution in [0.4, 0.5) is 0 Å². The highest BCUT2D eigenvalue weighted by Crippen LogP contribution is 2.45. The highest BCUT2D eigenvalue weighted by atomic mass is 16.3. The molecule has 0 bridgehead atoms. The van der Waals surface area contributed by atoms with Gasteiger partial charge in [-0.15, -0.1) is 0 Å². The molecule has 2 aliphatic rings. The van der Waals surface area contributed by atoms with Crippen molar-refractivity contribution < 1.29 is 14.7 Å². The van der Waals surface area contributed by atoms with Crippen LogP contribution in [0, 0.1) is 11.3 Å². The molecule has 0 aromatic carbocycles. The van der Waals surface area contributed by atoms with Gasteiger partial charge in [-0.25, -0.2) is 0 Å². The quantitative estimate of drug-likeness (QED) is 0.797. The van der Waals surface area contributed by atoms with E-state index in [1.54, 1.807) is 0 Å². The van der Waals surface area contributed by atoms with E-state index in [0.717, 1.165) is 38.5 Å². The summed E-state index contributed by atoms with van der Waals surface area (Å²) in [7, 11) is 0. The Morgan fingerprint density at radius 2 is 1.74 bits per heavy atom. The fraction of sp³-hybridized carbons (Fsp3) is 0.867. The lowest BCUT2D eigenvalue weighted by Crippen LogP contribution is -2.47. The van der Waals surface area contributed by atoms with Crippen LogP contribution in [0.1, 0.15) is 58.8 Å². The molecule has 1 saturated carbocycles. The van der Waals surface area contributed by atoms with Crippen molar-refractivity contribution in [3.63, 3.8) is 0 Å². The molecule has 1 aliphatic heterocycles. The van der Waals surface area contributed by atoms with Crippen molar-refractivity contribution in [2.45, 2.75) is 64.8 Å². The van der Waals surface area contributed by atoms with E-state index >= 15 is 0 Å². The van der Waals surface area contributed by atoms with Crippen molar-refractivity contribution >= 4 is 11.8 Å². The number of carbonyl (C=O) groups is 2. The Hall–Kier alpha value is -0.900. The van der Waals surface area contributed by atoms with Crippen LogP contribution in [0.5, 0.6) is 0 Å². The van der Waals surface area contributed by atoms with Gasteiger partial charge in [-0.3, -0.25) is 14.5 Å². The van der Waals surface area contributed by atoms with Gasteiger partial charge < -0.3 is 5.11 Å². The third-order valence-electron chi connectivity index (χ3n) is 4.78. The summed E-state index contributed by atoms with van der Waals surface area (Å²) in [5, 5.41) is 9.49. The average Bonchev–Trinajstić information content (AvgIpc) is 2.56. The van der Waals surface area contributed by atoms with Crippen molar-refractivity contribution in [3.05, 3.63) is 0 Å². The van der Waals surface area contributed by atoms with Crippen molar-refractivity contribution in [1.29, 1.82) is 0 Å². The molecule has 0 unspecified atom stereocenters. The molecular formula is C15H25NO3. The first kappa shape index (κ1) is 14.5. The SMILES string of the molecule is CC(C)[C@H](CO)N1C(=O)CC2(CCCCCC2)C1=O. The molecule has 108 valence electrons. The molecular weight excluding hydrogens is 242 g/mol. The van der Waals surface area contributed by atoms with E-state index < -0.39 is 5.41 Å². The molecule has 1 heterocycles. The number of imide groups is 1. The van der Waals surface area contributed by atoms with Crippen LogP contribution < -0.4 is 0 Å². The van der Waals surface area contributed by atoms with Crippen LogP contribution in [0.2, 0.25) is 0 Å². The molecule has 1 N–H and O–H groups in total. The normalized spacial score (nSPS) is 25.2. The molecule has 0 radical (unpaired) electrons. The number of carbonyl (C=O) groups excluding carboxylic acids is 2. The number of likely N-dealkylation sites (tertiary alicyclic amines) is 1. The molecule has 19 heavy (non-hydrogen) atoms. The maximum absolute atomic E-state index is 12.7. The van der Waals surface area contributed by atoms with Gasteiger partial charge in [0.1, 0.15) is 0 Å². The Balaban J connectivity index is 2.24. The van der Waals surface area contributed by atoms with Crippen LogP contribution in [0.3, 0.4) is 0 Å². The molecule has 0 aromatic heterocycles. The maximum Gasteiger partial charge on any atom is 0.236 e. The Labute approximate surface area is 115 Å². The standard InChI is InChI=1S/C15H25NO3/c1-11(2)12(10-17)16-13(18)9-15(14(16)19)7-5-3-4-6-8-15/h11-12,17H,3-10H2,1-2H3/t12-/m0/s1. The van der Waals surface area contributed by atoms with Gasteiger partial charge in [-0.05, 0) is 18.8 Å². The Morgan fingerprint density at radius 3 is 2.21 bits per heavy atom. The predicted octanol–water partition coefficient (Wildman–Crippen LogP) is 2.10. The fourth-order valence-corrected chi connectivity index (χ4v) is 3.54. The molecule has 0 aromatic rings. The molecule has 2 fully saturated rings. The van der Waals surface area contributed by atoms with E-state index in [9.17, 15) is 14.7 Å². The topological polar surface area (TPSA) is 57.6 Å². The number of hydrogen-bond acceptors (Lipinski definition) is 3. The van der Waals surface area contributed by atoms with Gasteiger partial charge in [0.05, 0.1) is 18.1 Å². The highest BCUT2D eigenvalue weighted by molar-refractivity contribution is 6.06. The second-order valence-electron chi connectivity index (χ2n) is 6.43. The molecule has 2 amide bonds. The number of hydrogen-bond donors (Lipinski definition) is 1. The second-order valence-corrected chi connectivity index (χ2v) is 6.43. The number of nitrogens with zero attached hydrogens (tertiary/aromatic N) is 1. The van der Waals surface area contributed by atoms with E-state index in [4.69, 9.17) is 0 Å². The molecule has 1 saturated heterocycles. The number of aliphatic hydroxyl groups excluding tert-OH is 1.